The van der Waals surface area contributed by atoms with Crippen molar-refractivity contribution in [3.63, 3.8) is 0 Å². The van der Waals surface area contributed by atoms with Crippen molar-refractivity contribution in [2.45, 2.75) is 12.8 Å². The fourth-order valence-corrected chi connectivity index (χ4v) is 2.89. The van der Waals surface area contributed by atoms with E-state index in [1.165, 1.54) is 13.2 Å². The molecule has 9 nitrogen and oxygen atoms in total. The van der Waals surface area contributed by atoms with Crippen LogP contribution in [0.25, 0.3) is 6.08 Å². The Morgan fingerprint density at radius 2 is 1.90 bits per heavy atom. The first kappa shape index (κ1) is 21.7. The Bertz CT molecular complexity index is 1020. The number of hydrogen-bond donors (Lipinski definition) is 3. The molecule has 2 aromatic carbocycles. The van der Waals surface area contributed by atoms with E-state index in [2.05, 4.69) is 10.6 Å². The van der Waals surface area contributed by atoms with Crippen molar-refractivity contribution in [1.82, 2.24) is 10.6 Å². The Hall–Kier alpha value is -4.01. The lowest BCUT2D eigenvalue weighted by Crippen LogP contribution is -2.35. The molecule has 0 radical (unpaired) electrons. The van der Waals surface area contributed by atoms with E-state index in [0.717, 1.165) is 0 Å². The molecular formula is C22H22N2O7. The molecule has 0 spiro atoms. The summed E-state index contributed by atoms with van der Waals surface area (Å²) < 4.78 is 15.8. The SMILES string of the molecule is COc1ccccc1C(=O)N/C(=C/c1ccc2c(c1)OCO2)C(=O)NCCCC(=O)O. The number of carboxylic acid groups (broad SMARTS) is 1. The average Bonchev–Trinajstić information content (AvgIpc) is 3.23. The van der Waals surface area contributed by atoms with E-state index < -0.39 is 17.8 Å². The van der Waals surface area contributed by atoms with Gasteiger partial charge in [-0.3, -0.25) is 14.4 Å². The highest BCUT2D eigenvalue weighted by atomic mass is 16.7. The molecule has 1 aliphatic heterocycles. The van der Waals surface area contributed by atoms with Crippen LogP contribution >= 0.6 is 0 Å². The zero-order valence-electron chi connectivity index (χ0n) is 16.8. The Kier molecular flexibility index (Phi) is 7.10. The standard InChI is InChI=1S/C22H22N2O7/c1-29-17-6-3-2-5-15(17)21(27)24-16(22(28)23-10-4-7-20(25)26)11-14-8-9-18-19(12-14)31-13-30-18/h2-3,5-6,8-9,11-12H,4,7,10,13H2,1H3,(H,23,28)(H,24,27)(H,25,26)/b16-11+. The molecule has 1 heterocycles. The molecule has 31 heavy (non-hydrogen) atoms. The average molecular weight is 426 g/mol. The summed E-state index contributed by atoms with van der Waals surface area (Å²) >= 11 is 0. The van der Waals surface area contributed by atoms with Gasteiger partial charge in [-0.2, -0.15) is 0 Å². The molecule has 0 fully saturated rings. The van der Waals surface area contributed by atoms with Crippen LogP contribution in [0.4, 0.5) is 0 Å². The van der Waals surface area contributed by atoms with E-state index in [0.29, 0.717) is 22.8 Å². The summed E-state index contributed by atoms with van der Waals surface area (Å²) in [6.07, 6.45) is 1.69. The maximum Gasteiger partial charge on any atom is 0.303 e. The second kappa shape index (κ2) is 10.1. The minimum absolute atomic E-state index is 0.00917. The van der Waals surface area contributed by atoms with E-state index in [9.17, 15) is 14.4 Å². The quantitative estimate of drug-likeness (QED) is 0.415. The summed E-state index contributed by atoms with van der Waals surface area (Å²) in [6, 6.07) is 11.8. The number of carbonyl (C=O) groups is 3. The molecule has 0 saturated heterocycles. The van der Waals surface area contributed by atoms with Gasteiger partial charge in [-0.1, -0.05) is 18.2 Å². The number of hydrogen-bond acceptors (Lipinski definition) is 6. The summed E-state index contributed by atoms with van der Waals surface area (Å²) in [5.41, 5.74) is 0.866. The number of carbonyl (C=O) groups excluding carboxylic acids is 2. The van der Waals surface area contributed by atoms with Crippen LogP contribution in [0.15, 0.2) is 48.2 Å². The number of ether oxygens (including phenoxy) is 3. The second-order valence-corrected chi connectivity index (χ2v) is 6.58. The van der Waals surface area contributed by atoms with Crippen LogP contribution in [0.1, 0.15) is 28.8 Å². The maximum atomic E-state index is 12.8. The minimum atomic E-state index is -0.949. The number of carboxylic acids is 1. The lowest BCUT2D eigenvalue weighted by atomic mass is 10.1. The largest absolute Gasteiger partial charge is 0.496 e. The molecule has 0 unspecified atom stereocenters. The Morgan fingerprint density at radius 3 is 2.68 bits per heavy atom. The molecule has 0 aromatic heterocycles. The second-order valence-electron chi connectivity index (χ2n) is 6.58. The number of rotatable bonds is 9. The third-order valence-electron chi connectivity index (χ3n) is 4.41. The van der Waals surface area contributed by atoms with Gasteiger partial charge in [0.25, 0.3) is 11.8 Å². The monoisotopic (exact) mass is 426 g/mol. The summed E-state index contributed by atoms with van der Waals surface area (Å²) in [6.45, 7) is 0.262. The Labute approximate surface area is 178 Å². The van der Waals surface area contributed by atoms with Gasteiger partial charge in [-0.25, -0.2) is 0 Å². The maximum absolute atomic E-state index is 12.8. The molecule has 0 aliphatic carbocycles. The molecule has 9 heteroatoms. The zero-order chi connectivity index (χ0) is 22.2. The van der Waals surface area contributed by atoms with E-state index in [-0.39, 0.29) is 37.4 Å². The predicted octanol–water partition coefficient (Wildman–Crippen LogP) is 2.18. The smallest absolute Gasteiger partial charge is 0.303 e. The van der Waals surface area contributed by atoms with Gasteiger partial charge < -0.3 is 30.0 Å². The number of fused-ring (bicyclic) bond motifs is 1. The highest BCUT2D eigenvalue weighted by Crippen LogP contribution is 2.33. The van der Waals surface area contributed by atoms with E-state index in [1.807, 2.05) is 0 Å². The van der Waals surface area contributed by atoms with Crippen molar-refractivity contribution in [2.24, 2.45) is 0 Å². The van der Waals surface area contributed by atoms with Gasteiger partial charge in [0.1, 0.15) is 11.4 Å². The predicted molar refractivity (Wildman–Crippen MR) is 111 cm³/mol. The molecule has 2 amide bonds. The van der Waals surface area contributed by atoms with Crippen molar-refractivity contribution in [1.29, 1.82) is 0 Å². The van der Waals surface area contributed by atoms with Gasteiger partial charge in [0, 0.05) is 13.0 Å². The van der Waals surface area contributed by atoms with E-state index in [4.69, 9.17) is 19.3 Å². The van der Waals surface area contributed by atoms with Crippen molar-refractivity contribution < 1.29 is 33.7 Å². The van der Waals surface area contributed by atoms with Crippen molar-refractivity contribution >= 4 is 23.9 Å². The molecule has 0 atom stereocenters. The third-order valence-corrected chi connectivity index (χ3v) is 4.41. The summed E-state index contributed by atoms with van der Waals surface area (Å²) in [4.78, 5) is 36.2. The van der Waals surface area contributed by atoms with Crippen LogP contribution in [-0.2, 0) is 9.59 Å². The van der Waals surface area contributed by atoms with Gasteiger partial charge >= 0.3 is 5.97 Å². The van der Waals surface area contributed by atoms with Gasteiger partial charge in [0.15, 0.2) is 11.5 Å². The topological polar surface area (TPSA) is 123 Å². The van der Waals surface area contributed by atoms with Crippen LogP contribution in [0.3, 0.4) is 0 Å². The van der Waals surface area contributed by atoms with Crippen molar-refractivity contribution in [3.8, 4) is 17.2 Å². The fourth-order valence-electron chi connectivity index (χ4n) is 2.89. The van der Waals surface area contributed by atoms with Crippen LogP contribution in [0.2, 0.25) is 0 Å². The molecule has 2 aromatic rings. The number of nitrogens with one attached hydrogen (secondary N) is 2. The summed E-state index contributed by atoms with van der Waals surface area (Å²) in [7, 11) is 1.45. The zero-order valence-corrected chi connectivity index (χ0v) is 16.8. The first-order valence-corrected chi connectivity index (χ1v) is 9.53. The Morgan fingerprint density at radius 1 is 1.13 bits per heavy atom. The first-order valence-electron chi connectivity index (χ1n) is 9.53. The minimum Gasteiger partial charge on any atom is -0.496 e. The lowest BCUT2D eigenvalue weighted by molar-refractivity contribution is -0.137. The van der Waals surface area contributed by atoms with E-state index >= 15 is 0 Å². The summed E-state index contributed by atoms with van der Waals surface area (Å²) in [5, 5.41) is 14.0. The van der Waals surface area contributed by atoms with Crippen LogP contribution in [0, 0.1) is 0 Å². The van der Waals surface area contributed by atoms with E-state index in [1.54, 1.807) is 42.5 Å². The molecule has 1 aliphatic rings. The first-order chi connectivity index (χ1) is 15.0. The number of para-hydroxylation sites is 1. The van der Waals surface area contributed by atoms with Crippen LogP contribution < -0.4 is 24.8 Å². The van der Waals surface area contributed by atoms with Crippen molar-refractivity contribution in [2.75, 3.05) is 20.4 Å². The van der Waals surface area contributed by atoms with Gasteiger partial charge in [-0.15, -0.1) is 0 Å². The molecule has 0 saturated carbocycles. The molecule has 3 N–H and O–H groups in total. The van der Waals surface area contributed by atoms with Crippen molar-refractivity contribution in [3.05, 3.63) is 59.3 Å². The molecule has 0 bridgehead atoms. The number of amides is 2. The number of benzene rings is 2. The lowest BCUT2D eigenvalue weighted by Gasteiger charge is -2.13. The number of aliphatic carboxylic acids is 1. The normalized spacial score (nSPS) is 12.2. The highest BCUT2D eigenvalue weighted by Gasteiger charge is 2.18. The molecular weight excluding hydrogens is 404 g/mol. The van der Waals surface area contributed by atoms with Crippen LogP contribution in [-0.4, -0.2) is 43.3 Å². The summed E-state index contributed by atoms with van der Waals surface area (Å²) in [5.74, 6) is -0.531. The number of methoxy groups -OCH3 is 1. The van der Waals surface area contributed by atoms with Gasteiger partial charge in [0.05, 0.1) is 12.7 Å². The third kappa shape index (κ3) is 5.75. The highest BCUT2D eigenvalue weighted by molar-refractivity contribution is 6.06. The Balaban J connectivity index is 1.82. The molecule has 3 rings (SSSR count). The van der Waals surface area contributed by atoms with Gasteiger partial charge in [0.2, 0.25) is 6.79 Å². The molecule has 162 valence electrons. The van der Waals surface area contributed by atoms with Crippen LogP contribution in [0.5, 0.6) is 17.2 Å². The van der Waals surface area contributed by atoms with Gasteiger partial charge in [-0.05, 0) is 42.3 Å². The fraction of sp³-hybridized carbons (Fsp3) is 0.227.